The smallest absolute Gasteiger partial charge is 0.338 e. The van der Waals surface area contributed by atoms with Crippen LogP contribution in [0.5, 0.6) is 11.5 Å². The van der Waals surface area contributed by atoms with Crippen molar-refractivity contribution in [1.29, 1.82) is 0 Å². The lowest BCUT2D eigenvalue weighted by Crippen LogP contribution is -2.51. The largest absolute Gasteiger partial charge is 0.466 e. The van der Waals surface area contributed by atoms with E-state index in [2.05, 4.69) is 26.5 Å². The molecule has 3 aliphatic rings. The first-order chi connectivity index (χ1) is 16.1. The van der Waals surface area contributed by atoms with Crippen LogP contribution < -0.4 is 20.1 Å². The molecule has 1 aromatic heterocycles. The monoisotopic (exact) mass is 470 g/mol. The number of hydrogen-bond acceptors (Lipinski definition) is 8. The first-order valence-corrected chi connectivity index (χ1v) is 11.7. The number of carbonyl (C=O) groups is 2. The van der Waals surface area contributed by atoms with E-state index in [1.807, 2.05) is 29.6 Å². The Morgan fingerprint density at radius 1 is 1.12 bits per heavy atom. The minimum absolute atomic E-state index is 0.278. The van der Waals surface area contributed by atoms with Crippen molar-refractivity contribution >= 4 is 23.3 Å². The van der Waals surface area contributed by atoms with E-state index in [4.69, 9.17) is 14.2 Å². The van der Waals surface area contributed by atoms with Crippen molar-refractivity contribution in [3.05, 3.63) is 57.4 Å². The number of fused-ring (bicyclic) bond motifs is 1. The molecule has 0 aliphatic carbocycles. The Morgan fingerprint density at radius 2 is 1.88 bits per heavy atom. The molecular formula is C23H26N4O5S. The molecule has 1 fully saturated rings. The number of carbonyl (C=O) groups excluding carboxylic acids is 2. The lowest BCUT2D eigenvalue weighted by molar-refractivity contribution is -0.136. The zero-order chi connectivity index (χ0) is 22.8. The molecule has 33 heavy (non-hydrogen) atoms. The Balaban J connectivity index is 1.25. The summed E-state index contributed by atoms with van der Waals surface area (Å²) in [6, 6.07) is 9.07. The van der Waals surface area contributed by atoms with Crippen LogP contribution in [0.25, 0.3) is 0 Å². The fourth-order valence-corrected chi connectivity index (χ4v) is 5.17. The molecule has 0 spiro atoms. The highest BCUT2D eigenvalue weighted by atomic mass is 32.1. The Bertz CT molecular complexity index is 1060. The standard InChI is InChI=1S/C23H26N4O5S/c1-30-22(28)20-16(24-23(29)25-21(20)19-3-2-10-33-19)13-27-8-6-26(7-9-27)12-15-4-5-17-18(11-15)32-14-31-17/h2-5,10-11,21H,6-9,12-14H2,1H3,(H2,24,25,29)/t21-/m0/s1. The van der Waals surface area contributed by atoms with Crippen LogP contribution in [-0.2, 0) is 16.1 Å². The minimum atomic E-state index is -0.506. The van der Waals surface area contributed by atoms with Crippen molar-refractivity contribution in [2.24, 2.45) is 0 Å². The lowest BCUT2D eigenvalue weighted by Gasteiger charge is -2.36. The second kappa shape index (κ2) is 9.42. The van der Waals surface area contributed by atoms with Crippen LogP contribution in [0.4, 0.5) is 4.79 Å². The lowest BCUT2D eigenvalue weighted by atomic mass is 10.0. The van der Waals surface area contributed by atoms with E-state index in [-0.39, 0.29) is 12.8 Å². The number of benzene rings is 1. The summed E-state index contributed by atoms with van der Waals surface area (Å²) in [5.41, 5.74) is 2.25. The van der Waals surface area contributed by atoms with Gasteiger partial charge in [0.2, 0.25) is 6.79 Å². The highest BCUT2D eigenvalue weighted by Gasteiger charge is 2.35. The maximum atomic E-state index is 12.7. The van der Waals surface area contributed by atoms with Crippen LogP contribution in [0.3, 0.4) is 0 Å². The summed E-state index contributed by atoms with van der Waals surface area (Å²) in [7, 11) is 1.36. The van der Waals surface area contributed by atoms with Crippen LogP contribution in [0.1, 0.15) is 16.5 Å². The molecule has 0 radical (unpaired) electrons. The molecule has 9 nitrogen and oxygen atoms in total. The second-order valence-corrected chi connectivity index (χ2v) is 9.15. The van der Waals surface area contributed by atoms with Crippen LogP contribution in [-0.4, -0.2) is 68.4 Å². The van der Waals surface area contributed by atoms with Gasteiger partial charge in [0.25, 0.3) is 0 Å². The molecule has 3 aliphatic heterocycles. The van der Waals surface area contributed by atoms with Gasteiger partial charge in [0.1, 0.15) is 0 Å². The van der Waals surface area contributed by atoms with E-state index in [9.17, 15) is 9.59 Å². The second-order valence-electron chi connectivity index (χ2n) is 8.17. The number of rotatable bonds is 6. The highest BCUT2D eigenvalue weighted by molar-refractivity contribution is 7.10. The SMILES string of the molecule is COC(=O)C1=C(CN2CCN(Cc3ccc4c(c3)OCO4)CC2)NC(=O)N[C@H]1c1cccs1. The molecule has 1 atom stereocenters. The third kappa shape index (κ3) is 4.68. The summed E-state index contributed by atoms with van der Waals surface area (Å²) < 4.78 is 15.9. The molecule has 5 rings (SSSR count). The van der Waals surface area contributed by atoms with E-state index in [1.54, 1.807) is 0 Å². The average Bonchev–Trinajstić information content (AvgIpc) is 3.51. The molecule has 10 heteroatoms. The number of esters is 1. The van der Waals surface area contributed by atoms with Gasteiger partial charge in [-0.2, -0.15) is 0 Å². The number of ether oxygens (including phenoxy) is 3. The van der Waals surface area contributed by atoms with Gasteiger partial charge in [0.05, 0.1) is 18.7 Å². The van der Waals surface area contributed by atoms with Crippen molar-refractivity contribution in [3.8, 4) is 11.5 Å². The fourth-order valence-electron chi connectivity index (χ4n) is 4.39. The molecule has 1 aromatic carbocycles. The van der Waals surface area contributed by atoms with Gasteiger partial charge in [-0.15, -0.1) is 11.3 Å². The van der Waals surface area contributed by atoms with Crippen molar-refractivity contribution < 1.29 is 23.8 Å². The van der Waals surface area contributed by atoms with Crippen molar-refractivity contribution in [2.45, 2.75) is 12.6 Å². The summed E-state index contributed by atoms with van der Waals surface area (Å²) in [5, 5.41) is 7.64. The third-order valence-electron chi connectivity index (χ3n) is 6.08. The Kier molecular flexibility index (Phi) is 6.21. The van der Waals surface area contributed by atoms with Crippen LogP contribution >= 0.6 is 11.3 Å². The molecule has 4 heterocycles. The van der Waals surface area contributed by atoms with E-state index in [0.717, 1.165) is 49.1 Å². The predicted octanol–water partition coefficient (Wildman–Crippen LogP) is 2.08. The number of amides is 2. The molecule has 2 N–H and O–H groups in total. The van der Waals surface area contributed by atoms with E-state index >= 15 is 0 Å². The Labute approximate surface area is 195 Å². The zero-order valence-electron chi connectivity index (χ0n) is 18.3. The number of piperazine rings is 1. The highest BCUT2D eigenvalue weighted by Crippen LogP contribution is 2.33. The van der Waals surface area contributed by atoms with Crippen molar-refractivity contribution in [2.75, 3.05) is 46.6 Å². The summed E-state index contributed by atoms with van der Waals surface area (Å²) >= 11 is 1.50. The van der Waals surface area contributed by atoms with E-state index in [1.165, 1.54) is 24.0 Å². The average molecular weight is 471 g/mol. The molecule has 2 aromatic rings. The van der Waals surface area contributed by atoms with Gasteiger partial charge < -0.3 is 24.8 Å². The Morgan fingerprint density at radius 3 is 2.61 bits per heavy atom. The number of nitrogens with one attached hydrogen (secondary N) is 2. The third-order valence-corrected chi connectivity index (χ3v) is 7.01. The van der Waals surface area contributed by atoms with Gasteiger partial charge in [-0.25, -0.2) is 9.59 Å². The molecular weight excluding hydrogens is 444 g/mol. The summed E-state index contributed by atoms with van der Waals surface area (Å²) in [4.78, 5) is 30.6. The number of hydrogen-bond donors (Lipinski definition) is 2. The summed E-state index contributed by atoms with van der Waals surface area (Å²) in [6.07, 6.45) is 0. The molecule has 1 saturated heterocycles. The minimum Gasteiger partial charge on any atom is -0.466 e. The summed E-state index contributed by atoms with van der Waals surface area (Å²) in [6.45, 7) is 5.02. The zero-order valence-corrected chi connectivity index (χ0v) is 19.2. The van der Waals surface area contributed by atoms with Crippen LogP contribution in [0, 0.1) is 0 Å². The quantitative estimate of drug-likeness (QED) is 0.625. The maximum absolute atomic E-state index is 12.7. The molecule has 0 unspecified atom stereocenters. The molecule has 174 valence electrons. The molecule has 2 amide bonds. The number of methoxy groups -OCH3 is 1. The molecule has 0 bridgehead atoms. The van der Waals surface area contributed by atoms with Gasteiger partial charge in [0, 0.05) is 49.8 Å². The van der Waals surface area contributed by atoms with Gasteiger partial charge in [-0.05, 0) is 29.1 Å². The van der Waals surface area contributed by atoms with Crippen LogP contribution in [0.15, 0.2) is 47.0 Å². The van der Waals surface area contributed by atoms with Crippen molar-refractivity contribution in [1.82, 2.24) is 20.4 Å². The van der Waals surface area contributed by atoms with Gasteiger partial charge in [-0.1, -0.05) is 12.1 Å². The summed E-state index contributed by atoms with van der Waals surface area (Å²) in [5.74, 6) is 1.16. The van der Waals surface area contributed by atoms with Gasteiger partial charge in [0.15, 0.2) is 11.5 Å². The van der Waals surface area contributed by atoms with Crippen LogP contribution in [0.2, 0.25) is 0 Å². The van der Waals surface area contributed by atoms with Gasteiger partial charge >= 0.3 is 12.0 Å². The number of thiophene rings is 1. The Hall–Kier alpha value is -3.08. The number of urea groups is 1. The topological polar surface area (TPSA) is 92.4 Å². The fraction of sp³-hybridized carbons (Fsp3) is 0.391. The van der Waals surface area contributed by atoms with Gasteiger partial charge in [-0.3, -0.25) is 9.80 Å². The maximum Gasteiger partial charge on any atom is 0.338 e. The van der Waals surface area contributed by atoms with E-state index < -0.39 is 12.0 Å². The number of nitrogens with zero attached hydrogens (tertiary/aromatic N) is 2. The first-order valence-electron chi connectivity index (χ1n) is 10.9. The predicted molar refractivity (Wildman–Crippen MR) is 122 cm³/mol. The van der Waals surface area contributed by atoms with Crippen molar-refractivity contribution in [3.63, 3.8) is 0 Å². The normalized spacial score (nSPS) is 21.0. The van der Waals surface area contributed by atoms with E-state index in [0.29, 0.717) is 17.8 Å². The molecule has 0 saturated carbocycles. The first kappa shape index (κ1) is 21.7.